The molecule has 0 aliphatic heterocycles. The number of methoxy groups -OCH3 is 2. The predicted octanol–water partition coefficient (Wildman–Crippen LogP) is 3.33. The number of esters is 1. The van der Waals surface area contributed by atoms with E-state index in [0.717, 1.165) is 15.8 Å². The Morgan fingerprint density at radius 2 is 2.04 bits per heavy atom. The molecule has 0 aliphatic carbocycles. The van der Waals surface area contributed by atoms with Crippen LogP contribution in [0.2, 0.25) is 0 Å². The maximum Gasteiger partial charge on any atom is 0.337 e. The third-order valence-electron chi connectivity index (χ3n) is 4.43. The van der Waals surface area contributed by atoms with Gasteiger partial charge < -0.3 is 19.8 Å². The molecule has 0 amide bonds. The Kier molecular flexibility index (Phi) is 6.11. The molecule has 2 aromatic carbocycles. The molecule has 0 bridgehead atoms. The second-order valence-corrected chi connectivity index (χ2v) is 7.09. The first-order valence-electron chi connectivity index (χ1n) is 8.61. The lowest BCUT2D eigenvalue weighted by Gasteiger charge is -2.15. The van der Waals surface area contributed by atoms with Crippen molar-refractivity contribution in [3.63, 3.8) is 0 Å². The van der Waals surface area contributed by atoms with Crippen molar-refractivity contribution in [2.75, 3.05) is 14.2 Å². The number of hydrogen-bond acceptors (Lipinski definition) is 6. The lowest BCUT2D eigenvalue weighted by Crippen LogP contribution is -2.22. The number of halogens is 1. The second kappa shape index (κ2) is 8.53. The van der Waals surface area contributed by atoms with Crippen LogP contribution in [0.15, 0.2) is 45.7 Å². The highest BCUT2D eigenvalue weighted by Crippen LogP contribution is 2.28. The Bertz CT molecular complexity index is 1080. The minimum absolute atomic E-state index is 0.0182. The van der Waals surface area contributed by atoms with Crippen molar-refractivity contribution >= 4 is 32.8 Å². The lowest BCUT2D eigenvalue weighted by molar-refractivity contribution is 0.0601. The standard InChI is InChI=1S/C20H20BrN3O4/c1-11(12-5-7-17(27-2)15(21)8-12)22-10-18-23-16-9-13(20(26)28-3)4-6-14(16)19(25)24-18/h4-9,11,22H,10H2,1-3H3,(H,23,24,25). The number of carbonyl (C=O) groups is 1. The molecule has 0 saturated carbocycles. The number of hydrogen-bond donors (Lipinski definition) is 2. The number of fused-ring (bicyclic) bond motifs is 1. The van der Waals surface area contributed by atoms with Gasteiger partial charge in [0.25, 0.3) is 5.56 Å². The van der Waals surface area contributed by atoms with Crippen molar-refractivity contribution in [1.29, 1.82) is 0 Å². The van der Waals surface area contributed by atoms with Gasteiger partial charge in [-0.05, 0) is 58.7 Å². The first-order chi connectivity index (χ1) is 13.4. The van der Waals surface area contributed by atoms with Crippen LogP contribution in [0.25, 0.3) is 10.9 Å². The number of aromatic nitrogens is 2. The van der Waals surface area contributed by atoms with Gasteiger partial charge in [-0.15, -0.1) is 0 Å². The maximum atomic E-state index is 12.3. The summed E-state index contributed by atoms with van der Waals surface area (Å²) in [5, 5.41) is 3.75. The van der Waals surface area contributed by atoms with Crippen LogP contribution in [0.4, 0.5) is 0 Å². The summed E-state index contributed by atoms with van der Waals surface area (Å²) in [5.74, 6) is 0.777. The van der Waals surface area contributed by atoms with Gasteiger partial charge in [0.15, 0.2) is 0 Å². The molecule has 1 unspecified atom stereocenters. The molecule has 2 N–H and O–H groups in total. The summed E-state index contributed by atoms with van der Waals surface area (Å²) in [5.41, 5.74) is 1.61. The summed E-state index contributed by atoms with van der Waals surface area (Å²) in [7, 11) is 2.93. The fourth-order valence-corrected chi connectivity index (χ4v) is 3.39. The van der Waals surface area contributed by atoms with E-state index in [1.54, 1.807) is 25.3 Å². The minimum atomic E-state index is -0.470. The Labute approximate surface area is 170 Å². The van der Waals surface area contributed by atoms with Crippen LogP contribution in [0.5, 0.6) is 5.75 Å². The molecular weight excluding hydrogens is 426 g/mol. The molecule has 3 aromatic rings. The van der Waals surface area contributed by atoms with Crippen molar-refractivity contribution in [2.45, 2.75) is 19.5 Å². The van der Waals surface area contributed by atoms with Gasteiger partial charge >= 0.3 is 5.97 Å². The van der Waals surface area contributed by atoms with Gasteiger partial charge in [0, 0.05) is 6.04 Å². The minimum Gasteiger partial charge on any atom is -0.496 e. The fraction of sp³-hybridized carbons (Fsp3) is 0.250. The first-order valence-corrected chi connectivity index (χ1v) is 9.40. The van der Waals surface area contributed by atoms with Crippen LogP contribution in [-0.2, 0) is 11.3 Å². The third-order valence-corrected chi connectivity index (χ3v) is 5.05. The number of H-pyrrole nitrogens is 1. The number of ether oxygens (including phenoxy) is 2. The Morgan fingerprint density at radius 1 is 1.25 bits per heavy atom. The van der Waals surface area contributed by atoms with Crippen LogP contribution in [0, 0.1) is 0 Å². The average molecular weight is 446 g/mol. The lowest BCUT2D eigenvalue weighted by atomic mass is 10.1. The van der Waals surface area contributed by atoms with Gasteiger partial charge in [0.05, 0.1) is 41.7 Å². The van der Waals surface area contributed by atoms with Crippen molar-refractivity contribution < 1.29 is 14.3 Å². The van der Waals surface area contributed by atoms with Crippen LogP contribution >= 0.6 is 15.9 Å². The molecule has 0 radical (unpaired) electrons. The van der Waals surface area contributed by atoms with E-state index in [2.05, 4.69) is 31.2 Å². The molecule has 0 aliphatic rings. The number of aromatic amines is 1. The summed E-state index contributed by atoms with van der Waals surface area (Å²) in [6, 6.07) is 10.5. The molecular formula is C20H20BrN3O4. The predicted molar refractivity (Wildman–Crippen MR) is 110 cm³/mol. The Hall–Kier alpha value is -2.71. The highest BCUT2D eigenvalue weighted by molar-refractivity contribution is 9.10. The van der Waals surface area contributed by atoms with Crippen molar-refractivity contribution in [2.24, 2.45) is 0 Å². The van der Waals surface area contributed by atoms with E-state index in [1.165, 1.54) is 7.11 Å². The molecule has 28 heavy (non-hydrogen) atoms. The average Bonchev–Trinajstić information content (AvgIpc) is 2.70. The van der Waals surface area contributed by atoms with Crippen LogP contribution in [0.3, 0.4) is 0 Å². The van der Waals surface area contributed by atoms with E-state index >= 15 is 0 Å². The smallest absolute Gasteiger partial charge is 0.337 e. The van der Waals surface area contributed by atoms with Gasteiger partial charge in [0.2, 0.25) is 0 Å². The Morgan fingerprint density at radius 3 is 2.71 bits per heavy atom. The normalized spacial score (nSPS) is 12.0. The zero-order chi connectivity index (χ0) is 20.3. The van der Waals surface area contributed by atoms with Gasteiger partial charge in [-0.3, -0.25) is 4.79 Å². The number of benzene rings is 2. The number of rotatable bonds is 6. The van der Waals surface area contributed by atoms with Crippen molar-refractivity contribution in [3.8, 4) is 5.75 Å². The molecule has 1 aromatic heterocycles. The van der Waals surface area contributed by atoms with Crippen molar-refractivity contribution in [1.82, 2.24) is 15.3 Å². The molecule has 146 valence electrons. The molecule has 8 heteroatoms. The largest absolute Gasteiger partial charge is 0.496 e. The molecule has 1 heterocycles. The zero-order valence-corrected chi connectivity index (χ0v) is 17.3. The highest BCUT2D eigenvalue weighted by atomic mass is 79.9. The van der Waals surface area contributed by atoms with Crippen LogP contribution < -0.4 is 15.6 Å². The van der Waals surface area contributed by atoms with E-state index in [1.807, 2.05) is 25.1 Å². The van der Waals surface area contributed by atoms with Gasteiger partial charge in [-0.1, -0.05) is 6.07 Å². The molecule has 0 saturated heterocycles. The SMILES string of the molecule is COC(=O)c1ccc2c(=O)[nH]c(CNC(C)c3ccc(OC)c(Br)c3)nc2c1. The van der Waals surface area contributed by atoms with Gasteiger partial charge in [-0.25, -0.2) is 9.78 Å². The van der Waals surface area contributed by atoms with E-state index in [0.29, 0.717) is 28.8 Å². The van der Waals surface area contributed by atoms with E-state index < -0.39 is 5.97 Å². The molecule has 1 atom stereocenters. The Balaban J connectivity index is 1.80. The summed E-state index contributed by atoms with van der Waals surface area (Å²) in [6.07, 6.45) is 0. The van der Waals surface area contributed by atoms with Gasteiger partial charge in [0.1, 0.15) is 11.6 Å². The first kappa shape index (κ1) is 20.0. The molecule has 0 spiro atoms. The monoisotopic (exact) mass is 445 g/mol. The van der Waals surface area contributed by atoms with Gasteiger partial charge in [-0.2, -0.15) is 0 Å². The number of nitrogens with zero attached hydrogens (tertiary/aromatic N) is 1. The molecule has 3 rings (SSSR count). The number of nitrogens with one attached hydrogen (secondary N) is 2. The summed E-state index contributed by atoms with van der Waals surface area (Å²) in [6.45, 7) is 2.38. The highest BCUT2D eigenvalue weighted by Gasteiger charge is 2.12. The molecule has 0 fully saturated rings. The fourth-order valence-electron chi connectivity index (χ4n) is 2.84. The summed E-state index contributed by atoms with van der Waals surface area (Å²) >= 11 is 3.48. The molecule has 7 nitrogen and oxygen atoms in total. The van der Waals surface area contributed by atoms with Crippen molar-refractivity contribution in [3.05, 3.63) is 68.2 Å². The maximum absolute atomic E-state index is 12.3. The van der Waals surface area contributed by atoms with Crippen LogP contribution in [0.1, 0.15) is 34.7 Å². The summed E-state index contributed by atoms with van der Waals surface area (Å²) < 4.78 is 10.8. The number of carbonyl (C=O) groups excluding carboxylic acids is 1. The third kappa shape index (κ3) is 4.23. The second-order valence-electron chi connectivity index (χ2n) is 6.23. The van der Waals surface area contributed by atoms with Crippen LogP contribution in [-0.4, -0.2) is 30.2 Å². The zero-order valence-electron chi connectivity index (χ0n) is 15.7. The van der Waals surface area contributed by atoms with E-state index in [-0.39, 0.29) is 11.6 Å². The topological polar surface area (TPSA) is 93.3 Å². The van der Waals surface area contributed by atoms with E-state index in [4.69, 9.17) is 9.47 Å². The van der Waals surface area contributed by atoms with E-state index in [9.17, 15) is 9.59 Å². The summed E-state index contributed by atoms with van der Waals surface area (Å²) in [4.78, 5) is 31.3. The quantitative estimate of drug-likeness (QED) is 0.565.